The maximum atomic E-state index is 13.0. The molecule has 3 aromatic carbocycles. The standard InChI is InChI=1S/C27H25ClN2O4/c1-3-32-26-18-20(13-14-25(26)34-16-15-33-24-12-8-7-11-23(24)28)17-22-19(2)29-30(27(22)31)21-9-5-4-6-10-21/h4-14,17-18H,3,15-16H2,1-2H3/b22-17+. The molecule has 7 heteroatoms. The Morgan fingerprint density at radius 3 is 2.32 bits per heavy atom. The summed E-state index contributed by atoms with van der Waals surface area (Å²) in [5.74, 6) is 1.64. The summed E-state index contributed by atoms with van der Waals surface area (Å²) >= 11 is 6.11. The van der Waals surface area contributed by atoms with Crippen LogP contribution in [0.2, 0.25) is 5.02 Å². The Morgan fingerprint density at radius 1 is 0.882 bits per heavy atom. The van der Waals surface area contributed by atoms with E-state index in [2.05, 4.69) is 5.10 Å². The molecule has 0 aromatic heterocycles. The average molecular weight is 477 g/mol. The lowest BCUT2D eigenvalue weighted by Gasteiger charge is -2.14. The fraction of sp³-hybridized carbons (Fsp3) is 0.185. The van der Waals surface area contributed by atoms with E-state index in [9.17, 15) is 4.79 Å². The number of halogens is 1. The second-order valence-corrected chi connectivity index (χ2v) is 7.87. The molecule has 0 atom stereocenters. The van der Waals surface area contributed by atoms with Crippen molar-refractivity contribution < 1.29 is 19.0 Å². The smallest absolute Gasteiger partial charge is 0.280 e. The number of carbonyl (C=O) groups is 1. The molecule has 0 unspecified atom stereocenters. The van der Waals surface area contributed by atoms with Crippen LogP contribution in [0.5, 0.6) is 17.2 Å². The summed E-state index contributed by atoms with van der Waals surface area (Å²) in [6, 6.07) is 22.2. The van der Waals surface area contributed by atoms with Crippen molar-refractivity contribution in [1.29, 1.82) is 0 Å². The lowest BCUT2D eigenvalue weighted by molar-refractivity contribution is -0.114. The normalized spacial score (nSPS) is 14.3. The van der Waals surface area contributed by atoms with Crippen LogP contribution in [0.4, 0.5) is 5.69 Å². The number of nitrogens with zero attached hydrogens (tertiary/aromatic N) is 2. The fourth-order valence-corrected chi connectivity index (χ4v) is 3.65. The molecule has 1 aliphatic rings. The van der Waals surface area contributed by atoms with Crippen molar-refractivity contribution in [3.8, 4) is 17.2 Å². The molecule has 3 aromatic rings. The number of carbonyl (C=O) groups excluding carboxylic acids is 1. The third kappa shape index (κ3) is 5.41. The topological polar surface area (TPSA) is 60.4 Å². The van der Waals surface area contributed by atoms with Crippen LogP contribution in [0.3, 0.4) is 0 Å². The predicted octanol–water partition coefficient (Wildman–Crippen LogP) is 6.00. The third-order valence-corrected chi connectivity index (χ3v) is 5.39. The van der Waals surface area contributed by atoms with Gasteiger partial charge in [-0.3, -0.25) is 4.79 Å². The van der Waals surface area contributed by atoms with E-state index < -0.39 is 0 Å². The van der Waals surface area contributed by atoms with Crippen LogP contribution in [-0.4, -0.2) is 31.4 Å². The number of anilines is 1. The molecule has 4 rings (SSSR count). The van der Waals surface area contributed by atoms with Crippen molar-refractivity contribution in [3.05, 3.63) is 89.0 Å². The van der Waals surface area contributed by atoms with Crippen LogP contribution in [0.1, 0.15) is 19.4 Å². The molecule has 0 bridgehead atoms. The summed E-state index contributed by atoms with van der Waals surface area (Å²) in [4.78, 5) is 13.0. The van der Waals surface area contributed by atoms with Gasteiger partial charge in [0.25, 0.3) is 5.91 Å². The van der Waals surface area contributed by atoms with Gasteiger partial charge in [-0.05, 0) is 61.9 Å². The van der Waals surface area contributed by atoms with E-state index in [0.717, 1.165) is 11.3 Å². The first kappa shape index (κ1) is 23.4. The van der Waals surface area contributed by atoms with Crippen molar-refractivity contribution in [2.75, 3.05) is 24.8 Å². The predicted molar refractivity (Wildman–Crippen MR) is 135 cm³/mol. The second-order valence-electron chi connectivity index (χ2n) is 7.46. The van der Waals surface area contributed by atoms with E-state index in [0.29, 0.717) is 53.4 Å². The van der Waals surface area contributed by atoms with Crippen LogP contribution >= 0.6 is 11.6 Å². The van der Waals surface area contributed by atoms with E-state index >= 15 is 0 Å². The van der Waals surface area contributed by atoms with Gasteiger partial charge in [0.2, 0.25) is 0 Å². The molecule has 1 aliphatic heterocycles. The van der Waals surface area contributed by atoms with Crippen molar-refractivity contribution in [2.45, 2.75) is 13.8 Å². The first-order valence-electron chi connectivity index (χ1n) is 11.0. The summed E-state index contributed by atoms with van der Waals surface area (Å²) in [7, 11) is 0. The molecule has 0 N–H and O–H groups in total. The molecule has 0 saturated carbocycles. The average Bonchev–Trinajstić information content (AvgIpc) is 3.13. The molecule has 0 fully saturated rings. The van der Waals surface area contributed by atoms with Gasteiger partial charge in [-0.1, -0.05) is 48.0 Å². The molecule has 1 heterocycles. The number of amides is 1. The lowest BCUT2D eigenvalue weighted by atomic mass is 10.1. The third-order valence-electron chi connectivity index (χ3n) is 5.08. The van der Waals surface area contributed by atoms with Gasteiger partial charge in [0, 0.05) is 0 Å². The summed E-state index contributed by atoms with van der Waals surface area (Å²) in [6.07, 6.45) is 1.82. The zero-order chi connectivity index (χ0) is 23.9. The molecule has 0 saturated heterocycles. The highest BCUT2D eigenvalue weighted by Crippen LogP contribution is 2.31. The largest absolute Gasteiger partial charge is 0.490 e. The van der Waals surface area contributed by atoms with Crippen LogP contribution < -0.4 is 19.2 Å². The van der Waals surface area contributed by atoms with Crippen molar-refractivity contribution in [3.63, 3.8) is 0 Å². The summed E-state index contributed by atoms with van der Waals surface area (Å²) in [5, 5.41) is 6.40. The number of rotatable bonds is 9. The summed E-state index contributed by atoms with van der Waals surface area (Å²) < 4.78 is 17.3. The highest BCUT2D eigenvalue weighted by Gasteiger charge is 2.28. The fourth-order valence-electron chi connectivity index (χ4n) is 3.46. The van der Waals surface area contributed by atoms with Crippen molar-refractivity contribution >= 4 is 35.0 Å². The van der Waals surface area contributed by atoms with Crippen LogP contribution in [0, 0.1) is 0 Å². The molecule has 1 amide bonds. The van der Waals surface area contributed by atoms with Gasteiger partial charge in [0.1, 0.15) is 19.0 Å². The second kappa shape index (κ2) is 10.9. The summed E-state index contributed by atoms with van der Waals surface area (Å²) in [5.41, 5.74) is 2.74. The molecular formula is C27H25ClN2O4. The van der Waals surface area contributed by atoms with E-state index in [-0.39, 0.29) is 5.91 Å². The van der Waals surface area contributed by atoms with Gasteiger partial charge < -0.3 is 14.2 Å². The Bertz CT molecular complexity index is 1220. The number of para-hydroxylation sites is 2. The number of benzene rings is 3. The Balaban J connectivity index is 1.46. The molecule has 0 spiro atoms. The minimum atomic E-state index is -0.168. The quantitative estimate of drug-likeness (QED) is 0.280. The highest BCUT2D eigenvalue weighted by molar-refractivity contribution is 6.32. The molecule has 0 radical (unpaired) electrons. The maximum Gasteiger partial charge on any atom is 0.280 e. The molecule has 6 nitrogen and oxygen atoms in total. The summed E-state index contributed by atoms with van der Waals surface area (Å²) in [6.45, 7) is 4.87. The van der Waals surface area contributed by atoms with Gasteiger partial charge in [-0.25, -0.2) is 0 Å². The first-order chi connectivity index (χ1) is 16.6. The zero-order valence-electron chi connectivity index (χ0n) is 19.0. The Morgan fingerprint density at radius 2 is 1.59 bits per heavy atom. The Labute approximate surface area is 204 Å². The monoisotopic (exact) mass is 476 g/mol. The number of ether oxygens (including phenoxy) is 3. The SMILES string of the molecule is CCOc1cc(/C=C2/C(=O)N(c3ccccc3)N=C2C)ccc1OCCOc1ccccc1Cl. The van der Waals surface area contributed by atoms with Crippen molar-refractivity contribution in [1.82, 2.24) is 0 Å². The molecule has 34 heavy (non-hydrogen) atoms. The Kier molecular flexibility index (Phi) is 7.50. The van der Waals surface area contributed by atoms with Gasteiger partial charge in [0.15, 0.2) is 11.5 Å². The van der Waals surface area contributed by atoms with Crippen LogP contribution in [0.25, 0.3) is 6.08 Å². The highest BCUT2D eigenvalue weighted by atomic mass is 35.5. The molecule has 174 valence electrons. The number of hydrogen-bond donors (Lipinski definition) is 0. The van der Waals surface area contributed by atoms with Gasteiger partial charge in [0.05, 0.1) is 28.6 Å². The maximum absolute atomic E-state index is 13.0. The van der Waals surface area contributed by atoms with Crippen molar-refractivity contribution in [2.24, 2.45) is 5.10 Å². The van der Waals surface area contributed by atoms with E-state index in [1.165, 1.54) is 5.01 Å². The van der Waals surface area contributed by atoms with Crippen LogP contribution in [-0.2, 0) is 4.79 Å². The van der Waals surface area contributed by atoms with Gasteiger partial charge in [-0.2, -0.15) is 10.1 Å². The number of hydrogen-bond acceptors (Lipinski definition) is 5. The zero-order valence-corrected chi connectivity index (χ0v) is 19.8. The van der Waals surface area contributed by atoms with E-state index in [4.69, 9.17) is 25.8 Å². The van der Waals surface area contributed by atoms with E-state index in [1.54, 1.807) is 6.07 Å². The minimum absolute atomic E-state index is 0.168. The number of hydrazone groups is 1. The van der Waals surface area contributed by atoms with Gasteiger partial charge >= 0.3 is 0 Å². The minimum Gasteiger partial charge on any atom is -0.490 e. The molecule has 0 aliphatic carbocycles. The van der Waals surface area contributed by atoms with Gasteiger partial charge in [-0.15, -0.1) is 0 Å². The van der Waals surface area contributed by atoms with E-state index in [1.807, 2.05) is 86.7 Å². The molecular weight excluding hydrogens is 452 g/mol. The van der Waals surface area contributed by atoms with Crippen LogP contribution in [0.15, 0.2) is 83.5 Å². The first-order valence-corrected chi connectivity index (χ1v) is 11.4. The Hall–Kier alpha value is -3.77. The lowest BCUT2D eigenvalue weighted by Crippen LogP contribution is -2.21.